The Morgan fingerprint density at radius 1 is 1.39 bits per heavy atom. The Balaban J connectivity index is 2.69. The van der Waals surface area contributed by atoms with E-state index in [9.17, 15) is 4.79 Å². The predicted molar refractivity (Wildman–Crippen MR) is 72.6 cm³/mol. The molecule has 0 spiro atoms. The van der Waals surface area contributed by atoms with Gasteiger partial charge in [0.15, 0.2) is 17.8 Å². The van der Waals surface area contributed by atoms with E-state index in [0.29, 0.717) is 23.6 Å². The highest BCUT2D eigenvalue weighted by Gasteiger charge is 2.47. The average molecular weight is 314 g/mol. The lowest BCUT2D eigenvalue weighted by atomic mass is 9.93. The zero-order chi connectivity index (χ0) is 13.3. The summed E-state index contributed by atoms with van der Waals surface area (Å²) in [5.74, 6) is 1.09. The highest BCUT2D eigenvalue weighted by Crippen LogP contribution is 2.55. The molecule has 0 heterocycles. The van der Waals surface area contributed by atoms with Gasteiger partial charge in [0.25, 0.3) is 0 Å². The lowest BCUT2D eigenvalue weighted by Gasteiger charge is -2.22. The van der Waals surface area contributed by atoms with E-state index >= 15 is 0 Å². The summed E-state index contributed by atoms with van der Waals surface area (Å²) in [6.07, 6.45) is 2.82. The van der Waals surface area contributed by atoms with Gasteiger partial charge in [-0.2, -0.15) is 0 Å². The van der Waals surface area contributed by atoms with Crippen LogP contribution in [0.2, 0.25) is 0 Å². The topological polar surface area (TPSA) is 61.5 Å². The van der Waals surface area contributed by atoms with Gasteiger partial charge in [-0.25, -0.2) is 0 Å². The summed E-state index contributed by atoms with van der Waals surface area (Å²) in [5.41, 5.74) is 7.31. The quantitative estimate of drug-likeness (QED) is 0.847. The van der Waals surface area contributed by atoms with Gasteiger partial charge < -0.3 is 15.2 Å². The summed E-state index contributed by atoms with van der Waals surface area (Å²) in [5, 5.41) is 0. The fraction of sp³-hybridized carbons (Fsp3) is 0.462. The number of hydrogen-bond acceptors (Lipinski definition) is 4. The Hall–Kier alpha value is -1.07. The molecule has 1 fully saturated rings. The van der Waals surface area contributed by atoms with Gasteiger partial charge in [0, 0.05) is 22.0 Å². The van der Waals surface area contributed by atoms with Gasteiger partial charge in [0.2, 0.25) is 0 Å². The number of ether oxygens (including phenoxy) is 2. The molecule has 1 saturated carbocycles. The molecule has 0 amide bonds. The second-order valence-corrected chi connectivity index (χ2v) is 5.35. The first-order valence-corrected chi connectivity index (χ1v) is 6.53. The lowest BCUT2D eigenvalue weighted by molar-refractivity contribution is 0.111. The molecule has 1 aromatic rings. The molecule has 5 heteroatoms. The monoisotopic (exact) mass is 313 g/mol. The standard InChI is InChI=1S/C13H16BrNO3/c1-17-11-8(6-16)5-9(14)10(12(11)18-2)13(7-15)3-4-13/h5-6H,3-4,7,15H2,1-2H3. The molecule has 0 bridgehead atoms. The first-order valence-electron chi connectivity index (χ1n) is 5.73. The Labute approximate surface area is 115 Å². The van der Waals surface area contributed by atoms with Crippen LogP contribution in [-0.4, -0.2) is 27.1 Å². The van der Waals surface area contributed by atoms with Crippen molar-refractivity contribution in [2.24, 2.45) is 5.73 Å². The normalized spacial score (nSPS) is 16.2. The largest absolute Gasteiger partial charge is 0.492 e. The fourth-order valence-electron chi connectivity index (χ4n) is 2.32. The van der Waals surface area contributed by atoms with Crippen molar-refractivity contribution in [1.29, 1.82) is 0 Å². The average Bonchev–Trinajstić information content (AvgIpc) is 3.17. The minimum Gasteiger partial charge on any atom is -0.492 e. The van der Waals surface area contributed by atoms with Gasteiger partial charge in [-0.05, 0) is 18.9 Å². The fourth-order valence-corrected chi connectivity index (χ4v) is 3.17. The Morgan fingerprint density at radius 3 is 2.39 bits per heavy atom. The van der Waals surface area contributed by atoms with Crippen molar-refractivity contribution in [2.45, 2.75) is 18.3 Å². The van der Waals surface area contributed by atoms with E-state index in [1.165, 1.54) is 7.11 Å². The molecule has 1 aliphatic rings. The molecule has 0 aromatic heterocycles. The summed E-state index contributed by atoms with van der Waals surface area (Å²) in [7, 11) is 3.11. The maximum absolute atomic E-state index is 11.1. The molecule has 1 aliphatic carbocycles. The van der Waals surface area contributed by atoms with Gasteiger partial charge in [-0.1, -0.05) is 15.9 Å². The third kappa shape index (κ3) is 1.91. The van der Waals surface area contributed by atoms with Crippen LogP contribution in [0, 0.1) is 0 Å². The summed E-state index contributed by atoms with van der Waals surface area (Å²) in [6, 6.07) is 1.76. The first kappa shape index (κ1) is 13.4. The molecule has 0 unspecified atom stereocenters. The molecular formula is C13H16BrNO3. The Bertz CT molecular complexity index is 484. The highest BCUT2D eigenvalue weighted by atomic mass is 79.9. The van der Waals surface area contributed by atoms with Gasteiger partial charge >= 0.3 is 0 Å². The van der Waals surface area contributed by atoms with E-state index < -0.39 is 0 Å². The van der Waals surface area contributed by atoms with Crippen LogP contribution in [0.25, 0.3) is 0 Å². The highest BCUT2D eigenvalue weighted by molar-refractivity contribution is 9.10. The lowest BCUT2D eigenvalue weighted by Crippen LogP contribution is -2.21. The Kier molecular flexibility index (Phi) is 3.64. The van der Waals surface area contributed by atoms with E-state index in [1.807, 2.05) is 0 Å². The molecule has 0 aliphatic heterocycles. The van der Waals surface area contributed by atoms with Crippen molar-refractivity contribution in [3.63, 3.8) is 0 Å². The third-order valence-corrected chi connectivity index (χ3v) is 4.15. The SMILES string of the molecule is COc1c(C=O)cc(Br)c(C2(CN)CC2)c1OC. The molecule has 98 valence electrons. The molecule has 2 rings (SSSR count). The summed E-state index contributed by atoms with van der Waals surface area (Å²) in [6.45, 7) is 0.561. The van der Waals surface area contributed by atoms with Gasteiger partial charge in [-0.3, -0.25) is 4.79 Å². The second kappa shape index (κ2) is 4.90. The van der Waals surface area contributed by atoms with Crippen molar-refractivity contribution >= 4 is 22.2 Å². The van der Waals surface area contributed by atoms with Gasteiger partial charge in [-0.15, -0.1) is 0 Å². The number of nitrogens with two attached hydrogens (primary N) is 1. The number of hydrogen-bond donors (Lipinski definition) is 1. The van der Waals surface area contributed by atoms with Crippen LogP contribution in [-0.2, 0) is 5.41 Å². The summed E-state index contributed by atoms with van der Waals surface area (Å²) < 4.78 is 11.6. The molecule has 18 heavy (non-hydrogen) atoms. The molecule has 2 N–H and O–H groups in total. The van der Waals surface area contributed by atoms with Crippen molar-refractivity contribution in [3.8, 4) is 11.5 Å². The molecule has 1 aromatic carbocycles. The maximum atomic E-state index is 11.1. The summed E-state index contributed by atoms with van der Waals surface area (Å²) in [4.78, 5) is 11.1. The zero-order valence-electron chi connectivity index (χ0n) is 10.5. The van der Waals surface area contributed by atoms with Crippen LogP contribution < -0.4 is 15.2 Å². The van der Waals surface area contributed by atoms with Crippen LogP contribution in [0.15, 0.2) is 10.5 Å². The number of carbonyl (C=O) groups excluding carboxylic acids is 1. The van der Waals surface area contributed by atoms with Crippen molar-refractivity contribution < 1.29 is 14.3 Å². The molecule has 4 nitrogen and oxygen atoms in total. The first-order chi connectivity index (χ1) is 8.63. The van der Waals surface area contributed by atoms with Crippen LogP contribution >= 0.6 is 15.9 Å². The number of halogens is 1. The summed E-state index contributed by atoms with van der Waals surface area (Å²) >= 11 is 3.51. The zero-order valence-corrected chi connectivity index (χ0v) is 12.0. The van der Waals surface area contributed by atoms with Crippen molar-refractivity contribution in [1.82, 2.24) is 0 Å². The van der Waals surface area contributed by atoms with Crippen LogP contribution in [0.3, 0.4) is 0 Å². The van der Waals surface area contributed by atoms with Crippen LogP contribution in [0.1, 0.15) is 28.8 Å². The smallest absolute Gasteiger partial charge is 0.171 e. The van der Waals surface area contributed by atoms with E-state index in [0.717, 1.165) is 29.2 Å². The number of carbonyl (C=O) groups is 1. The number of rotatable bonds is 5. The van der Waals surface area contributed by atoms with Crippen LogP contribution in [0.4, 0.5) is 0 Å². The van der Waals surface area contributed by atoms with Crippen molar-refractivity contribution in [2.75, 3.05) is 20.8 Å². The molecular weight excluding hydrogens is 298 g/mol. The number of aldehydes is 1. The predicted octanol–water partition coefficient (Wildman–Crippen LogP) is 2.27. The van der Waals surface area contributed by atoms with E-state index in [-0.39, 0.29) is 5.41 Å². The second-order valence-electron chi connectivity index (χ2n) is 4.49. The van der Waals surface area contributed by atoms with E-state index in [4.69, 9.17) is 15.2 Å². The molecule has 0 saturated heterocycles. The minimum atomic E-state index is -0.0428. The maximum Gasteiger partial charge on any atom is 0.171 e. The van der Waals surface area contributed by atoms with E-state index in [2.05, 4.69) is 15.9 Å². The van der Waals surface area contributed by atoms with Gasteiger partial charge in [0.05, 0.1) is 19.8 Å². The number of benzene rings is 1. The van der Waals surface area contributed by atoms with Crippen molar-refractivity contribution in [3.05, 3.63) is 21.7 Å². The molecule has 0 atom stereocenters. The van der Waals surface area contributed by atoms with Crippen LogP contribution in [0.5, 0.6) is 11.5 Å². The Morgan fingerprint density at radius 2 is 2.00 bits per heavy atom. The molecule has 0 radical (unpaired) electrons. The van der Waals surface area contributed by atoms with Gasteiger partial charge in [0.1, 0.15) is 0 Å². The van der Waals surface area contributed by atoms with E-state index in [1.54, 1.807) is 13.2 Å². The minimum absolute atomic E-state index is 0.0428. The third-order valence-electron chi connectivity index (χ3n) is 3.53. The number of methoxy groups -OCH3 is 2.